The molecule has 0 atom stereocenters. The third-order valence-electron chi connectivity index (χ3n) is 3.66. The average molecular weight is 295 g/mol. The molecule has 0 bridgehead atoms. The predicted octanol–water partition coefficient (Wildman–Crippen LogP) is 2.91. The molecule has 21 heavy (non-hydrogen) atoms. The number of likely N-dealkylation sites (tertiary alicyclic amines) is 1. The van der Waals surface area contributed by atoms with Crippen molar-refractivity contribution in [1.82, 2.24) is 15.0 Å². The molecule has 5 heteroatoms. The maximum Gasteiger partial charge on any atom is 0.240 e. The van der Waals surface area contributed by atoms with Crippen LogP contribution in [0.25, 0.3) is 0 Å². The Bertz CT molecular complexity index is 409. The zero-order chi connectivity index (χ0) is 15.2. The van der Waals surface area contributed by atoms with Crippen molar-refractivity contribution < 1.29 is 9.26 Å². The van der Waals surface area contributed by atoms with Crippen LogP contribution in [-0.4, -0.2) is 40.8 Å². The van der Waals surface area contributed by atoms with Gasteiger partial charge in [0.2, 0.25) is 5.89 Å². The first kappa shape index (κ1) is 16.4. The number of hydrogen-bond acceptors (Lipinski definition) is 5. The smallest absolute Gasteiger partial charge is 0.240 e. The van der Waals surface area contributed by atoms with Gasteiger partial charge in [0.25, 0.3) is 0 Å². The number of hydrogen-bond donors (Lipinski definition) is 0. The van der Waals surface area contributed by atoms with Crippen LogP contribution in [0.5, 0.6) is 0 Å². The summed E-state index contributed by atoms with van der Waals surface area (Å²) in [5.41, 5.74) is 0. The molecule has 1 saturated heterocycles. The predicted molar refractivity (Wildman–Crippen MR) is 81.9 cm³/mol. The third kappa shape index (κ3) is 5.75. The summed E-state index contributed by atoms with van der Waals surface area (Å²) in [6.07, 6.45) is 3.50. The highest BCUT2D eigenvalue weighted by Gasteiger charge is 2.21. The minimum atomic E-state index is 0.419. The van der Waals surface area contributed by atoms with Gasteiger partial charge in [-0.3, -0.25) is 4.90 Å². The number of ether oxygens (including phenoxy) is 1. The highest BCUT2D eigenvalue weighted by Crippen LogP contribution is 2.17. The van der Waals surface area contributed by atoms with E-state index in [4.69, 9.17) is 9.26 Å². The molecule has 2 heterocycles. The molecule has 2 rings (SSSR count). The highest BCUT2D eigenvalue weighted by atomic mass is 16.5. The molecule has 1 aromatic heterocycles. The molecule has 0 radical (unpaired) electrons. The van der Waals surface area contributed by atoms with Gasteiger partial charge in [-0.15, -0.1) is 0 Å². The van der Waals surface area contributed by atoms with Gasteiger partial charge in [-0.1, -0.05) is 32.9 Å². The molecule has 0 saturated carbocycles. The Morgan fingerprint density at radius 2 is 1.90 bits per heavy atom. The van der Waals surface area contributed by atoms with Crippen LogP contribution >= 0.6 is 0 Å². The van der Waals surface area contributed by atoms with Gasteiger partial charge in [0.05, 0.1) is 12.6 Å². The van der Waals surface area contributed by atoms with Gasteiger partial charge in [-0.05, 0) is 24.7 Å². The minimum Gasteiger partial charge on any atom is -0.378 e. The van der Waals surface area contributed by atoms with Gasteiger partial charge in [0.15, 0.2) is 5.82 Å². The monoisotopic (exact) mass is 295 g/mol. The zero-order valence-electron chi connectivity index (χ0n) is 13.8. The number of nitrogens with zero attached hydrogens (tertiary/aromatic N) is 3. The van der Waals surface area contributed by atoms with E-state index in [1.54, 1.807) is 0 Å². The normalized spacial score (nSPS) is 18.0. The van der Waals surface area contributed by atoms with E-state index >= 15 is 0 Å². The van der Waals surface area contributed by atoms with Crippen molar-refractivity contribution in [3.63, 3.8) is 0 Å². The molecule has 1 aliphatic heterocycles. The van der Waals surface area contributed by atoms with Crippen molar-refractivity contribution in [2.45, 2.75) is 59.6 Å². The molecular weight excluding hydrogens is 266 g/mol. The summed E-state index contributed by atoms with van der Waals surface area (Å²) in [4.78, 5) is 6.85. The molecule has 0 unspecified atom stereocenters. The Balaban J connectivity index is 1.72. The van der Waals surface area contributed by atoms with Crippen molar-refractivity contribution in [3.8, 4) is 0 Å². The van der Waals surface area contributed by atoms with E-state index in [2.05, 4.69) is 42.7 Å². The molecule has 0 spiro atoms. The van der Waals surface area contributed by atoms with E-state index in [9.17, 15) is 0 Å². The topological polar surface area (TPSA) is 51.4 Å². The number of piperidine rings is 1. The lowest BCUT2D eigenvalue weighted by Gasteiger charge is -2.31. The van der Waals surface area contributed by atoms with Crippen LogP contribution in [0, 0.1) is 11.8 Å². The molecule has 120 valence electrons. The van der Waals surface area contributed by atoms with E-state index < -0.39 is 0 Å². The van der Waals surface area contributed by atoms with Crippen LogP contribution in [0.2, 0.25) is 0 Å². The van der Waals surface area contributed by atoms with Crippen molar-refractivity contribution in [2.75, 3.05) is 19.7 Å². The lowest BCUT2D eigenvalue weighted by Crippen LogP contribution is -2.37. The Kier molecular flexibility index (Phi) is 6.18. The summed E-state index contributed by atoms with van der Waals surface area (Å²) in [6, 6.07) is 0. The lowest BCUT2D eigenvalue weighted by molar-refractivity contribution is -0.00736. The maximum absolute atomic E-state index is 5.91. The van der Waals surface area contributed by atoms with Crippen LogP contribution in [0.15, 0.2) is 4.52 Å². The fourth-order valence-electron chi connectivity index (χ4n) is 2.56. The van der Waals surface area contributed by atoms with Crippen LogP contribution in [-0.2, 0) is 17.7 Å². The van der Waals surface area contributed by atoms with E-state index in [0.29, 0.717) is 17.9 Å². The quantitative estimate of drug-likeness (QED) is 0.774. The number of rotatable bonds is 7. The second-order valence-corrected chi connectivity index (χ2v) is 6.91. The summed E-state index contributed by atoms with van der Waals surface area (Å²) in [6.45, 7) is 12.4. The summed E-state index contributed by atoms with van der Waals surface area (Å²) in [5.74, 6) is 2.74. The molecule has 0 amide bonds. The molecule has 0 aromatic carbocycles. The summed E-state index contributed by atoms with van der Waals surface area (Å²) >= 11 is 0. The summed E-state index contributed by atoms with van der Waals surface area (Å²) in [7, 11) is 0. The van der Waals surface area contributed by atoms with Crippen LogP contribution in [0.1, 0.15) is 52.3 Å². The SMILES string of the molecule is CC(C)COC1CCN(Cc2nc(CC(C)C)no2)CC1. The molecule has 0 N–H and O–H groups in total. The second-order valence-electron chi connectivity index (χ2n) is 6.91. The first-order valence-electron chi connectivity index (χ1n) is 8.18. The maximum atomic E-state index is 5.91. The Morgan fingerprint density at radius 1 is 1.19 bits per heavy atom. The van der Waals surface area contributed by atoms with E-state index in [-0.39, 0.29) is 0 Å². The van der Waals surface area contributed by atoms with Gasteiger partial charge >= 0.3 is 0 Å². The molecular formula is C16H29N3O2. The van der Waals surface area contributed by atoms with Gasteiger partial charge in [-0.25, -0.2) is 0 Å². The van der Waals surface area contributed by atoms with Crippen LogP contribution in [0.4, 0.5) is 0 Å². The molecule has 0 aliphatic carbocycles. The lowest BCUT2D eigenvalue weighted by atomic mass is 10.1. The minimum absolute atomic E-state index is 0.419. The van der Waals surface area contributed by atoms with Crippen molar-refractivity contribution >= 4 is 0 Å². The standard InChI is InChI=1S/C16H29N3O2/c1-12(2)9-15-17-16(21-18-15)10-19-7-5-14(6-8-19)20-11-13(3)4/h12-14H,5-11H2,1-4H3. The Morgan fingerprint density at radius 3 is 2.52 bits per heavy atom. The second kappa shape index (κ2) is 7.90. The highest BCUT2D eigenvalue weighted by molar-refractivity contribution is 4.88. The van der Waals surface area contributed by atoms with Gasteiger partial charge in [-0.2, -0.15) is 4.98 Å². The Labute approximate surface area is 128 Å². The molecule has 5 nitrogen and oxygen atoms in total. The van der Waals surface area contributed by atoms with E-state index in [1.807, 2.05) is 0 Å². The van der Waals surface area contributed by atoms with Crippen molar-refractivity contribution in [1.29, 1.82) is 0 Å². The molecule has 1 fully saturated rings. The fraction of sp³-hybridized carbons (Fsp3) is 0.875. The van der Waals surface area contributed by atoms with Gasteiger partial charge in [0.1, 0.15) is 0 Å². The molecule has 1 aliphatic rings. The summed E-state index contributed by atoms with van der Waals surface area (Å²) < 4.78 is 11.3. The van der Waals surface area contributed by atoms with Gasteiger partial charge < -0.3 is 9.26 Å². The van der Waals surface area contributed by atoms with E-state index in [0.717, 1.165) is 57.2 Å². The Hall–Kier alpha value is -0.940. The largest absolute Gasteiger partial charge is 0.378 e. The number of aromatic nitrogens is 2. The van der Waals surface area contributed by atoms with E-state index in [1.165, 1.54) is 0 Å². The summed E-state index contributed by atoms with van der Waals surface area (Å²) in [5, 5.41) is 4.05. The third-order valence-corrected chi connectivity index (χ3v) is 3.66. The average Bonchev–Trinajstić information content (AvgIpc) is 2.84. The van der Waals surface area contributed by atoms with Crippen molar-refractivity contribution in [2.24, 2.45) is 11.8 Å². The van der Waals surface area contributed by atoms with Crippen LogP contribution < -0.4 is 0 Å². The zero-order valence-corrected chi connectivity index (χ0v) is 13.8. The first-order chi connectivity index (χ1) is 10.0. The van der Waals surface area contributed by atoms with Crippen LogP contribution in [0.3, 0.4) is 0 Å². The first-order valence-corrected chi connectivity index (χ1v) is 8.18. The van der Waals surface area contributed by atoms with Gasteiger partial charge in [0, 0.05) is 26.1 Å². The molecule has 1 aromatic rings. The fourth-order valence-corrected chi connectivity index (χ4v) is 2.56. The van der Waals surface area contributed by atoms with Crippen molar-refractivity contribution in [3.05, 3.63) is 11.7 Å².